The van der Waals surface area contributed by atoms with E-state index >= 15 is 0 Å². The van der Waals surface area contributed by atoms with Crippen LogP contribution in [0.4, 0.5) is 14.9 Å². The van der Waals surface area contributed by atoms with Crippen molar-refractivity contribution < 1.29 is 23.5 Å². The van der Waals surface area contributed by atoms with Gasteiger partial charge in [0.1, 0.15) is 5.82 Å². The average molecular weight is 531 g/mol. The Labute approximate surface area is 222 Å². The number of amides is 3. The summed E-state index contributed by atoms with van der Waals surface area (Å²) >= 11 is 1.34. The fraction of sp³-hybridized carbons (Fsp3) is 0.143. The minimum absolute atomic E-state index is 0.00692. The lowest BCUT2D eigenvalue weighted by molar-refractivity contribution is -0.126. The van der Waals surface area contributed by atoms with Crippen LogP contribution in [0.15, 0.2) is 90.6 Å². The Kier molecular flexibility index (Phi) is 7.41. The van der Waals surface area contributed by atoms with E-state index in [4.69, 9.17) is 4.74 Å². The summed E-state index contributed by atoms with van der Waals surface area (Å²) in [4.78, 5) is 44.7. The maximum Gasteiger partial charge on any atom is 0.411 e. The van der Waals surface area contributed by atoms with Crippen molar-refractivity contribution in [2.75, 3.05) is 5.32 Å². The average Bonchev–Trinajstić information content (AvgIpc) is 3.57. The van der Waals surface area contributed by atoms with Gasteiger partial charge in [0, 0.05) is 24.6 Å². The summed E-state index contributed by atoms with van der Waals surface area (Å²) in [7, 11) is 0. The first kappa shape index (κ1) is 25.1. The molecule has 1 fully saturated rings. The second-order valence-electron chi connectivity index (χ2n) is 8.64. The van der Waals surface area contributed by atoms with Gasteiger partial charge < -0.3 is 15.4 Å². The maximum atomic E-state index is 13.8. The van der Waals surface area contributed by atoms with Crippen LogP contribution in [0.2, 0.25) is 0 Å². The molecule has 0 saturated carbocycles. The SMILES string of the molecule is O=C(Nc1ccc(C2OC(=O)N(Cc3cccc(F)c3)C2C(=O)NCc2cccnc2)cc1)c1cccs1. The molecule has 4 aromatic rings. The standard InChI is InChI=1S/C28H23FN4O4S/c29-21-6-1-4-18(14-21)17-33-24(27(35)31-16-19-5-2-12-30-15-19)25(37-28(33)36)20-8-10-22(11-9-20)32-26(34)23-7-3-13-38-23/h1-15,24-25H,16-17H2,(H,31,35)(H,32,34). The number of pyridine rings is 1. The van der Waals surface area contributed by atoms with Crippen molar-refractivity contribution in [3.63, 3.8) is 0 Å². The van der Waals surface area contributed by atoms with E-state index < -0.39 is 30.0 Å². The van der Waals surface area contributed by atoms with Crippen molar-refractivity contribution in [2.45, 2.75) is 25.2 Å². The number of benzene rings is 2. The highest BCUT2D eigenvalue weighted by molar-refractivity contribution is 7.12. The van der Waals surface area contributed by atoms with Gasteiger partial charge >= 0.3 is 6.09 Å². The second kappa shape index (κ2) is 11.2. The van der Waals surface area contributed by atoms with Gasteiger partial charge in [-0.05, 0) is 58.5 Å². The van der Waals surface area contributed by atoms with Gasteiger partial charge in [-0.2, -0.15) is 0 Å². The number of nitrogens with one attached hydrogen (secondary N) is 2. The molecular weight excluding hydrogens is 507 g/mol. The molecule has 0 radical (unpaired) electrons. The van der Waals surface area contributed by atoms with Gasteiger partial charge in [0.15, 0.2) is 12.1 Å². The minimum Gasteiger partial charge on any atom is -0.438 e. The Bertz CT molecular complexity index is 1430. The first-order chi connectivity index (χ1) is 18.5. The van der Waals surface area contributed by atoms with Gasteiger partial charge in [-0.15, -0.1) is 11.3 Å². The summed E-state index contributed by atoms with van der Waals surface area (Å²) in [6.07, 6.45) is 1.68. The summed E-state index contributed by atoms with van der Waals surface area (Å²) < 4.78 is 19.5. The van der Waals surface area contributed by atoms with Crippen LogP contribution in [0.25, 0.3) is 0 Å². The van der Waals surface area contributed by atoms with Crippen LogP contribution < -0.4 is 10.6 Å². The number of aromatic nitrogens is 1. The van der Waals surface area contributed by atoms with Crippen molar-refractivity contribution in [1.82, 2.24) is 15.2 Å². The number of hydrogen-bond donors (Lipinski definition) is 2. The number of hydrogen-bond acceptors (Lipinski definition) is 6. The molecule has 0 spiro atoms. The molecule has 5 rings (SSSR count). The molecule has 2 N–H and O–H groups in total. The smallest absolute Gasteiger partial charge is 0.411 e. The number of rotatable bonds is 8. The van der Waals surface area contributed by atoms with Crippen molar-refractivity contribution in [3.05, 3.63) is 118 Å². The molecule has 2 aromatic heterocycles. The zero-order valence-electron chi connectivity index (χ0n) is 20.0. The van der Waals surface area contributed by atoms with Crippen molar-refractivity contribution in [1.29, 1.82) is 0 Å². The molecule has 3 amide bonds. The Balaban J connectivity index is 1.37. The Morgan fingerprint density at radius 2 is 1.84 bits per heavy atom. The summed E-state index contributed by atoms with van der Waals surface area (Å²) in [5.41, 5.74) is 2.46. The number of thiophene rings is 1. The quantitative estimate of drug-likeness (QED) is 0.337. The van der Waals surface area contributed by atoms with Crippen molar-refractivity contribution in [2.24, 2.45) is 0 Å². The second-order valence-corrected chi connectivity index (χ2v) is 9.59. The summed E-state index contributed by atoms with van der Waals surface area (Å²) in [5.74, 6) is -1.09. The summed E-state index contributed by atoms with van der Waals surface area (Å²) in [6, 6.07) is 18.8. The van der Waals surface area contributed by atoms with Crippen LogP contribution >= 0.6 is 11.3 Å². The van der Waals surface area contributed by atoms with Crippen LogP contribution in [0.3, 0.4) is 0 Å². The number of carbonyl (C=O) groups is 3. The van der Waals surface area contributed by atoms with Crippen LogP contribution in [-0.2, 0) is 22.6 Å². The van der Waals surface area contributed by atoms with Crippen LogP contribution in [0.1, 0.15) is 32.5 Å². The molecule has 2 aromatic carbocycles. The zero-order valence-corrected chi connectivity index (χ0v) is 20.9. The van der Waals surface area contributed by atoms with E-state index in [-0.39, 0.29) is 19.0 Å². The molecule has 10 heteroatoms. The van der Waals surface area contributed by atoms with Crippen LogP contribution in [0.5, 0.6) is 0 Å². The van der Waals surface area contributed by atoms with E-state index in [2.05, 4.69) is 15.6 Å². The molecule has 2 unspecified atom stereocenters. The molecule has 8 nitrogen and oxygen atoms in total. The van der Waals surface area contributed by atoms with Crippen molar-refractivity contribution in [3.8, 4) is 0 Å². The first-order valence-corrected chi connectivity index (χ1v) is 12.7. The number of ether oxygens (including phenoxy) is 1. The van der Waals surface area contributed by atoms with E-state index in [1.807, 2.05) is 11.4 Å². The largest absolute Gasteiger partial charge is 0.438 e. The molecule has 0 aliphatic carbocycles. The van der Waals surface area contributed by atoms with E-state index in [1.165, 1.54) is 28.4 Å². The maximum absolute atomic E-state index is 13.8. The molecule has 38 heavy (non-hydrogen) atoms. The third kappa shape index (κ3) is 5.70. The molecule has 1 aliphatic rings. The Morgan fingerprint density at radius 1 is 1.03 bits per heavy atom. The highest BCUT2D eigenvalue weighted by atomic mass is 32.1. The molecule has 1 saturated heterocycles. The molecule has 192 valence electrons. The molecule has 3 heterocycles. The Hall–Kier alpha value is -4.57. The third-order valence-electron chi connectivity index (χ3n) is 6.03. The van der Waals surface area contributed by atoms with E-state index in [9.17, 15) is 18.8 Å². The van der Waals surface area contributed by atoms with Gasteiger partial charge in [-0.3, -0.25) is 19.5 Å². The van der Waals surface area contributed by atoms with Crippen LogP contribution in [-0.4, -0.2) is 33.8 Å². The van der Waals surface area contributed by atoms with Gasteiger partial charge in [-0.25, -0.2) is 9.18 Å². The molecular formula is C28H23FN4O4S. The number of nitrogens with zero attached hydrogens (tertiary/aromatic N) is 2. The fourth-order valence-corrected chi connectivity index (χ4v) is 4.81. The molecule has 0 bridgehead atoms. The lowest BCUT2D eigenvalue weighted by Gasteiger charge is -2.24. The number of cyclic esters (lactones) is 1. The fourth-order valence-electron chi connectivity index (χ4n) is 4.20. The van der Waals surface area contributed by atoms with Crippen LogP contribution in [0, 0.1) is 5.82 Å². The molecule has 1 aliphatic heterocycles. The Morgan fingerprint density at radius 3 is 2.55 bits per heavy atom. The third-order valence-corrected chi connectivity index (χ3v) is 6.90. The lowest BCUT2D eigenvalue weighted by Crippen LogP contribution is -2.46. The van der Waals surface area contributed by atoms with E-state index in [1.54, 1.807) is 67.0 Å². The summed E-state index contributed by atoms with van der Waals surface area (Å²) in [5, 5.41) is 7.50. The van der Waals surface area contributed by atoms with E-state index in [0.29, 0.717) is 21.7 Å². The zero-order chi connectivity index (χ0) is 26.5. The van der Waals surface area contributed by atoms with Crippen molar-refractivity contribution >= 4 is 34.9 Å². The molecule has 2 atom stereocenters. The van der Waals surface area contributed by atoms with Gasteiger partial charge in [0.25, 0.3) is 5.91 Å². The lowest BCUT2D eigenvalue weighted by atomic mass is 10.00. The topological polar surface area (TPSA) is 101 Å². The highest BCUT2D eigenvalue weighted by Gasteiger charge is 2.47. The normalized spacial score (nSPS) is 16.7. The van der Waals surface area contributed by atoms with Gasteiger partial charge in [-0.1, -0.05) is 36.4 Å². The van der Waals surface area contributed by atoms with E-state index in [0.717, 1.165) is 5.56 Å². The van der Waals surface area contributed by atoms with Gasteiger partial charge in [0.2, 0.25) is 5.91 Å². The summed E-state index contributed by atoms with van der Waals surface area (Å²) in [6.45, 7) is 0.207. The number of halogens is 1. The number of carbonyl (C=O) groups excluding carboxylic acids is 3. The minimum atomic E-state index is -1.01. The monoisotopic (exact) mass is 530 g/mol. The predicted octanol–water partition coefficient (Wildman–Crippen LogP) is 4.91. The number of anilines is 1. The first-order valence-electron chi connectivity index (χ1n) is 11.8. The predicted molar refractivity (Wildman–Crippen MR) is 140 cm³/mol. The van der Waals surface area contributed by atoms with Gasteiger partial charge in [0.05, 0.1) is 11.4 Å². The highest BCUT2D eigenvalue weighted by Crippen LogP contribution is 2.34.